The zero-order valence-electron chi connectivity index (χ0n) is 19.7. The van der Waals surface area contributed by atoms with Gasteiger partial charge < -0.3 is 19.2 Å². The summed E-state index contributed by atoms with van der Waals surface area (Å²) >= 11 is 0. The number of hydrogen-bond acceptors (Lipinski definition) is 4. The van der Waals surface area contributed by atoms with Crippen LogP contribution in [-0.4, -0.2) is 56.3 Å². The second-order valence-electron chi connectivity index (χ2n) is 9.70. The zero-order chi connectivity index (χ0) is 23.1. The molecule has 0 aliphatic heterocycles. The van der Waals surface area contributed by atoms with Crippen molar-refractivity contribution in [2.24, 2.45) is 0 Å². The Morgan fingerprint density at radius 3 is 1.74 bits per heavy atom. The Labute approximate surface area is 188 Å². The van der Waals surface area contributed by atoms with Gasteiger partial charge in [0, 0.05) is 13.1 Å². The van der Waals surface area contributed by atoms with Gasteiger partial charge in [-0.2, -0.15) is 0 Å². The summed E-state index contributed by atoms with van der Waals surface area (Å²) in [7, 11) is -2.66. The maximum atomic E-state index is 12.6. The fraction of sp³-hybridized carbons (Fsp3) is 0.480. The monoisotopic (exact) mass is 443 g/mol. The van der Waals surface area contributed by atoms with Crippen LogP contribution in [0.15, 0.2) is 60.7 Å². The number of aliphatic hydroxyl groups excluding tert-OH is 1. The number of carbonyl (C=O) groups excluding carboxylic acids is 1. The SMILES string of the molecule is CC(C)(C)OC(=O)N(CCO)CCO[Si](c1ccccc1)(c1ccccc1)C(C)(C)C. The molecule has 1 amide bonds. The van der Waals surface area contributed by atoms with Crippen LogP contribution >= 0.6 is 0 Å². The highest BCUT2D eigenvalue weighted by atomic mass is 28.4. The van der Waals surface area contributed by atoms with Crippen molar-refractivity contribution in [3.8, 4) is 0 Å². The van der Waals surface area contributed by atoms with Crippen molar-refractivity contribution < 1.29 is 19.1 Å². The number of amides is 1. The highest BCUT2D eigenvalue weighted by Gasteiger charge is 2.50. The van der Waals surface area contributed by atoms with E-state index < -0.39 is 20.0 Å². The lowest BCUT2D eigenvalue weighted by atomic mass is 10.2. The molecule has 6 heteroatoms. The first-order valence-corrected chi connectivity index (χ1v) is 12.8. The van der Waals surface area contributed by atoms with Crippen LogP contribution in [0.3, 0.4) is 0 Å². The van der Waals surface area contributed by atoms with Crippen LogP contribution in [0.1, 0.15) is 41.5 Å². The summed E-state index contributed by atoms with van der Waals surface area (Å²) in [6.07, 6.45) is -0.437. The molecule has 0 unspecified atom stereocenters. The summed E-state index contributed by atoms with van der Waals surface area (Å²) in [5, 5.41) is 11.7. The number of aliphatic hydroxyl groups is 1. The van der Waals surface area contributed by atoms with Crippen molar-refractivity contribution in [1.82, 2.24) is 4.90 Å². The minimum absolute atomic E-state index is 0.127. The van der Waals surface area contributed by atoms with Gasteiger partial charge in [-0.1, -0.05) is 81.4 Å². The van der Waals surface area contributed by atoms with Gasteiger partial charge in [0.25, 0.3) is 8.32 Å². The van der Waals surface area contributed by atoms with E-state index in [1.54, 1.807) is 0 Å². The topological polar surface area (TPSA) is 59.0 Å². The lowest BCUT2D eigenvalue weighted by Crippen LogP contribution is -2.67. The molecule has 2 rings (SSSR count). The molecular formula is C25H37NO4Si. The van der Waals surface area contributed by atoms with Crippen molar-refractivity contribution in [2.75, 3.05) is 26.3 Å². The average Bonchev–Trinajstić information content (AvgIpc) is 2.69. The first-order chi connectivity index (χ1) is 14.5. The highest BCUT2D eigenvalue weighted by Crippen LogP contribution is 2.36. The minimum atomic E-state index is -2.66. The molecule has 0 aromatic heterocycles. The number of benzene rings is 2. The van der Waals surface area contributed by atoms with E-state index in [0.717, 1.165) is 0 Å². The lowest BCUT2D eigenvalue weighted by Gasteiger charge is -2.43. The summed E-state index contributed by atoms with van der Waals surface area (Å²) in [5.41, 5.74) is -0.594. The molecule has 31 heavy (non-hydrogen) atoms. The molecular weight excluding hydrogens is 406 g/mol. The Balaban J connectivity index is 2.35. The van der Waals surface area contributed by atoms with Crippen molar-refractivity contribution in [3.63, 3.8) is 0 Å². The Bertz CT molecular complexity index is 773. The summed E-state index contributed by atoms with van der Waals surface area (Å²) < 4.78 is 12.3. The van der Waals surface area contributed by atoms with Crippen LogP contribution in [0, 0.1) is 0 Å². The predicted molar refractivity (Wildman–Crippen MR) is 128 cm³/mol. The second kappa shape index (κ2) is 10.4. The van der Waals surface area contributed by atoms with Crippen LogP contribution in [-0.2, 0) is 9.16 Å². The predicted octanol–water partition coefficient (Wildman–Crippen LogP) is 3.79. The van der Waals surface area contributed by atoms with Crippen LogP contribution in [0.25, 0.3) is 0 Å². The number of nitrogens with zero attached hydrogens (tertiary/aromatic N) is 1. The van der Waals surface area contributed by atoms with E-state index in [0.29, 0.717) is 13.2 Å². The first-order valence-electron chi connectivity index (χ1n) is 10.8. The average molecular weight is 444 g/mol. The van der Waals surface area contributed by atoms with Crippen LogP contribution < -0.4 is 10.4 Å². The Morgan fingerprint density at radius 1 is 0.871 bits per heavy atom. The van der Waals surface area contributed by atoms with Crippen molar-refractivity contribution in [2.45, 2.75) is 52.2 Å². The van der Waals surface area contributed by atoms with E-state index in [1.165, 1.54) is 15.3 Å². The van der Waals surface area contributed by atoms with Gasteiger partial charge in [-0.15, -0.1) is 0 Å². The van der Waals surface area contributed by atoms with E-state index in [9.17, 15) is 9.90 Å². The Kier molecular flexibility index (Phi) is 8.46. The first kappa shape index (κ1) is 25.1. The van der Waals surface area contributed by atoms with Gasteiger partial charge in [0.2, 0.25) is 0 Å². The Hall–Kier alpha value is -2.15. The van der Waals surface area contributed by atoms with Crippen molar-refractivity contribution >= 4 is 24.8 Å². The minimum Gasteiger partial charge on any atom is -0.444 e. The largest absolute Gasteiger partial charge is 0.444 e. The standard InChI is InChI=1S/C25H37NO4Si/c1-24(2,3)30-23(28)26(17-19-27)18-20-29-31(25(4,5)6,21-13-9-7-10-14-21)22-15-11-8-12-16-22/h7-16,27H,17-20H2,1-6H3. The van der Waals surface area contributed by atoms with Crippen LogP contribution in [0.5, 0.6) is 0 Å². The van der Waals surface area contributed by atoms with Gasteiger partial charge in [-0.25, -0.2) is 4.79 Å². The van der Waals surface area contributed by atoms with Crippen molar-refractivity contribution in [1.29, 1.82) is 0 Å². The Morgan fingerprint density at radius 2 is 1.35 bits per heavy atom. The fourth-order valence-corrected chi connectivity index (χ4v) is 8.37. The maximum Gasteiger partial charge on any atom is 0.410 e. The van der Waals surface area contributed by atoms with Gasteiger partial charge in [0.1, 0.15) is 5.60 Å². The van der Waals surface area contributed by atoms with E-state index in [-0.39, 0.29) is 18.2 Å². The summed E-state index contributed by atoms with van der Waals surface area (Å²) in [6, 6.07) is 20.8. The molecule has 2 aromatic rings. The molecule has 0 fully saturated rings. The van der Waals surface area contributed by atoms with Crippen LogP contribution in [0.4, 0.5) is 4.79 Å². The van der Waals surface area contributed by atoms with Gasteiger partial charge in [0.05, 0.1) is 13.2 Å². The molecule has 1 N–H and O–H groups in total. The highest BCUT2D eigenvalue weighted by molar-refractivity contribution is 6.99. The molecule has 170 valence electrons. The summed E-state index contributed by atoms with van der Waals surface area (Å²) in [6.45, 7) is 12.9. The molecule has 0 bridgehead atoms. The van der Waals surface area contributed by atoms with E-state index in [1.807, 2.05) is 57.2 Å². The molecule has 0 atom stereocenters. The molecule has 0 aliphatic carbocycles. The molecule has 0 aliphatic rings. The quantitative estimate of drug-likeness (QED) is 0.631. The fourth-order valence-electron chi connectivity index (χ4n) is 3.81. The number of hydrogen-bond donors (Lipinski definition) is 1. The number of carbonyl (C=O) groups is 1. The summed E-state index contributed by atoms with van der Waals surface area (Å²) in [4.78, 5) is 14.1. The zero-order valence-corrected chi connectivity index (χ0v) is 20.7. The molecule has 0 spiro atoms. The molecule has 2 aromatic carbocycles. The van der Waals surface area contributed by atoms with Gasteiger partial charge in [-0.05, 0) is 36.2 Å². The van der Waals surface area contributed by atoms with Gasteiger partial charge in [0.15, 0.2) is 0 Å². The number of ether oxygens (including phenoxy) is 1. The van der Waals surface area contributed by atoms with Gasteiger partial charge in [-0.3, -0.25) is 0 Å². The third-order valence-electron chi connectivity index (χ3n) is 5.12. The van der Waals surface area contributed by atoms with Crippen molar-refractivity contribution in [3.05, 3.63) is 60.7 Å². The van der Waals surface area contributed by atoms with E-state index >= 15 is 0 Å². The maximum absolute atomic E-state index is 12.6. The third kappa shape index (κ3) is 6.42. The smallest absolute Gasteiger partial charge is 0.410 e. The van der Waals surface area contributed by atoms with Gasteiger partial charge >= 0.3 is 6.09 Å². The second-order valence-corrected chi connectivity index (χ2v) is 14.0. The van der Waals surface area contributed by atoms with E-state index in [4.69, 9.17) is 9.16 Å². The normalized spacial score (nSPS) is 12.5. The molecule has 0 radical (unpaired) electrons. The number of rotatable bonds is 8. The summed E-state index contributed by atoms with van der Waals surface area (Å²) in [5.74, 6) is 0. The third-order valence-corrected chi connectivity index (χ3v) is 10.2. The molecule has 5 nitrogen and oxygen atoms in total. The lowest BCUT2D eigenvalue weighted by molar-refractivity contribution is 0.0192. The molecule has 0 saturated carbocycles. The molecule has 0 heterocycles. The van der Waals surface area contributed by atoms with Crippen LogP contribution in [0.2, 0.25) is 5.04 Å². The molecule has 0 saturated heterocycles. The van der Waals surface area contributed by atoms with E-state index in [2.05, 4.69) is 45.0 Å².